The number of carbonyl (C=O) groups excluding carboxylic acids is 1. The van der Waals surface area contributed by atoms with Crippen molar-refractivity contribution in [3.8, 4) is 0 Å². The summed E-state index contributed by atoms with van der Waals surface area (Å²) in [7, 11) is -1.92. The number of carbonyl (C=O) groups is 1. The Hall–Kier alpha value is -1.15. The molecule has 0 spiro atoms. The monoisotopic (exact) mass is 374 g/mol. The van der Waals surface area contributed by atoms with Crippen molar-refractivity contribution in [3.63, 3.8) is 0 Å². The van der Waals surface area contributed by atoms with Gasteiger partial charge < -0.3 is 10.1 Å². The maximum atomic E-state index is 12.4. The minimum Gasteiger partial charge on any atom is -0.384 e. The van der Waals surface area contributed by atoms with Crippen LogP contribution in [0.1, 0.15) is 18.4 Å². The van der Waals surface area contributed by atoms with Gasteiger partial charge in [0.1, 0.15) is 0 Å². The minimum atomic E-state index is -3.39. The van der Waals surface area contributed by atoms with Crippen molar-refractivity contribution in [2.75, 3.05) is 37.9 Å². The van der Waals surface area contributed by atoms with E-state index in [9.17, 15) is 13.2 Å². The lowest BCUT2D eigenvalue weighted by molar-refractivity contribution is -0.120. The third-order valence-corrected chi connectivity index (χ3v) is 6.34. The van der Waals surface area contributed by atoms with E-state index in [-0.39, 0.29) is 30.7 Å². The molecule has 134 valence electrons. The van der Waals surface area contributed by atoms with Gasteiger partial charge in [-0.3, -0.25) is 4.79 Å². The van der Waals surface area contributed by atoms with Crippen molar-refractivity contribution < 1.29 is 17.9 Å². The quantitative estimate of drug-likeness (QED) is 0.828. The van der Waals surface area contributed by atoms with E-state index >= 15 is 0 Å². The number of rotatable bonds is 6. The Kier molecular flexibility index (Phi) is 6.62. The van der Waals surface area contributed by atoms with Crippen molar-refractivity contribution in [1.29, 1.82) is 0 Å². The van der Waals surface area contributed by atoms with Crippen LogP contribution in [0.25, 0.3) is 0 Å². The summed E-state index contributed by atoms with van der Waals surface area (Å²) in [6, 6.07) is 5.32. The summed E-state index contributed by atoms with van der Waals surface area (Å²) in [4.78, 5) is 12.4. The van der Waals surface area contributed by atoms with Crippen molar-refractivity contribution in [2.24, 2.45) is 5.92 Å². The fourth-order valence-corrected chi connectivity index (χ4v) is 4.27. The molecule has 1 fully saturated rings. The van der Waals surface area contributed by atoms with Crippen LogP contribution in [0.15, 0.2) is 18.2 Å². The molecule has 0 bridgehead atoms. The van der Waals surface area contributed by atoms with Gasteiger partial charge in [-0.25, -0.2) is 12.7 Å². The third kappa shape index (κ3) is 4.92. The standard InChI is InChI=1S/C16H23ClN2O4S/c1-12-5-6-14(10-15(12)17)18-16(20)13-4-3-7-19(11-13)24(21,22)9-8-23-2/h5-6,10,13H,3-4,7-9,11H2,1-2H3,(H,18,20). The second kappa shape index (κ2) is 8.29. The molecule has 0 aliphatic carbocycles. The largest absolute Gasteiger partial charge is 0.384 e. The van der Waals surface area contributed by atoms with Crippen LogP contribution in [-0.4, -0.2) is 51.2 Å². The van der Waals surface area contributed by atoms with Crippen LogP contribution in [0.5, 0.6) is 0 Å². The highest BCUT2D eigenvalue weighted by molar-refractivity contribution is 7.89. The summed E-state index contributed by atoms with van der Waals surface area (Å²) in [5.41, 5.74) is 1.55. The zero-order valence-corrected chi connectivity index (χ0v) is 15.5. The molecule has 1 heterocycles. The number of benzene rings is 1. The predicted octanol–water partition coefficient (Wildman–Crippen LogP) is 2.28. The molecular weight excluding hydrogens is 352 g/mol. The van der Waals surface area contributed by atoms with Gasteiger partial charge in [-0.05, 0) is 37.5 Å². The van der Waals surface area contributed by atoms with E-state index in [0.717, 1.165) is 5.56 Å². The molecule has 1 amide bonds. The summed E-state index contributed by atoms with van der Waals surface area (Å²) >= 11 is 6.06. The van der Waals surface area contributed by atoms with Crippen molar-refractivity contribution >= 4 is 33.2 Å². The van der Waals surface area contributed by atoms with Crippen LogP contribution in [0, 0.1) is 12.8 Å². The molecule has 1 atom stereocenters. The highest BCUT2D eigenvalue weighted by Crippen LogP contribution is 2.23. The maximum absolute atomic E-state index is 12.4. The third-order valence-electron chi connectivity index (χ3n) is 4.13. The summed E-state index contributed by atoms with van der Waals surface area (Å²) in [6.45, 7) is 2.69. The number of piperidine rings is 1. The number of ether oxygens (including phenoxy) is 1. The second-order valence-corrected chi connectivity index (χ2v) is 8.45. The highest BCUT2D eigenvalue weighted by Gasteiger charge is 2.32. The van der Waals surface area contributed by atoms with E-state index < -0.39 is 10.0 Å². The van der Waals surface area contributed by atoms with E-state index in [0.29, 0.717) is 30.1 Å². The molecule has 0 radical (unpaired) electrons. The summed E-state index contributed by atoms with van der Waals surface area (Å²) < 4.78 is 30.7. The average Bonchev–Trinajstić information content (AvgIpc) is 2.56. The highest BCUT2D eigenvalue weighted by atomic mass is 35.5. The Labute approximate surface area is 148 Å². The van der Waals surface area contributed by atoms with E-state index in [4.69, 9.17) is 16.3 Å². The van der Waals surface area contributed by atoms with E-state index in [2.05, 4.69) is 5.32 Å². The molecule has 0 saturated carbocycles. The summed E-state index contributed by atoms with van der Waals surface area (Å²) in [6.07, 6.45) is 1.33. The van der Waals surface area contributed by atoms with E-state index in [1.807, 2.05) is 13.0 Å². The number of aryl methyl sites for hydroxylation is 1. The number of anilines is 1. The minimum absolute atomic E-state index is 0.0641. The van der Waals surface area contributed by atoms with Gasteiger partial charge in [0.2, 0.25) is 15.9 Å². The molecule has 1 aliphatic rings. The lowest BCUT2D eigenvalue weighted by atomic mass is 9.98. The summed E-state index contributed by atoms with van der Waals surface area (Å²) in [5, 5.41) is 3.41. The van der Waals surface area contributed by atoms with Gasteiger partial charge >= 0.3 is 0 Å². The number of methoxy groups -OCH3 is 1. The van der Waals surface area contributed by atoms with E-state index in [1.54, 1.807) is 12.1 Å². The van der Waals surface area contributed by atoms with Gasteiger partial charge in [-0.2, -0.15) is 0 Å². The topological polar surface area (TPSA) is 75.7 Å². The molecule has 1 aromatic carbocycles. The molecular formula is C16H23ClN2O4S. The van der Waals surface area contributed by atoms with Crippen molar-refractivity contribution in [1.82, 2.24) is 4.31 Å². The Bertz CT molecular complexity index is 693. The molecule has 1 saturated heterocycles. The van der Waals surface area contributed by atoms with Crippen LogP contribution >= 0.6 is 11.6 Å². The molecule has 8 heteroatoms. The number of amides is 1. The Morgan fingerprint density at radius 3 is 2.88 bits per heavy atom. The van der Waals surface area contributed by atoms with Gasteiger partial charge in [0.25, 0.3) is 0 Å². The first-order valence-corrected chi connectivity index (χ1v) is 9.86. The fourth-order valence-electron chi connectivity index (χ4n) is 2.64. The molecule has 2 rings (SSSR count). The summed E-state index contributed by atoms with van der Waals surface area (Å²) in [5.74, 6) is -0.608. The zero-order valence-electron chi connectivity index (χ0n) is 13.9. The number of nitrogens with zero attached hydrogens (tertiary/aromatic N) is 1. The molecule has 1 N–H and O–H groups in total. The van der Waals surface area contributed by atoms with Crippen LogP contribution in [-0.2, 0) is 19.6 Å². The zero-order chi connectivity index (χ0) is 17.7. The predicted molar refractivity (Wildman–Crippen MR) is 94.8 cm³/mol. The normalized spacial score (nSPS) is 19.2. The first-order chi connectivity index (χ1) is 11.3. The Morgan fingerprint density at radius 1 is 1.46 bits per heavy atom. The Balaban J connectivity index is 2.00. The number of hydrogen-bond donors (Lipinski definition) is 1. The lowest BCUT2D eigenvalue weighted by Gasteiger charge is -2.31. The SMILES string of the molecule is COCCS(=O)(=O)N1CCCC(C(=O)Nc2ccc(C)c(Cl)c2)C1. The molecule has 1 aliphatic heterocycles. The van der Waals surface area contributed by atoms with Gasteiger partial charge in [0, 0.05) is 30.9 Å². The number of halogens is 1. The Morgan fingerprint density at radius 2 is 2.21 bits per heavy atom. The number of nitrogens with one attached hydrogen (secondary N) is 1. The van der Waals surface area contributed by atoms with Crippen LogP contribution < -0.4 is 5.32 Å². The second-order valence-electron chi connectivity index (χ2n) is 5.96. The molecule has 1 unspecified atom stereocenters. The molecule has 24 heavy (non-hydrogen) atoms. The molecule has 0 aromatic heterocycles. The first-order valence-electron chi connectivity index (χ1n) is 7.87. The average molecular weight is 375 g/mol. The van der Waals surface area contributed by atoms with Crippen LogP contribution in [0.3, 0.4) is 0 Å². The van der Waals surface area contributed by atoms with Gasteiger partial charge in [0.05, 0.1) is 18.3 Å². The van der Waals surface area contributed by atoms with Gasteiger partial charge in [-0.15, -0.1) is 0 Å². The van der Waals surface area contributed by atoms with Gasteiger partial charge in [-0.1, -0.05) is 17.7 Å². The number of hydrogen-bond acceptors (Lipinski definition) is 4. The maximum Gasteiger partial charge on any atom is 0.228 e. The van der Waals surface area contributed by atoms with Crippen LogP contribution in [0.4, 0.5) is 5.69 Å². The fraction of sp³-hybridized carbons (Fsp3) is 0.562. The van der Waals surface area contributed by atoms with Crippen LogP contribution in [0.2, 0.25) is 5.02 Å². The van der Waals surface area contributed by atoms with E-state index in [1.165, 1.54) is 11.4 Å². The van der Waals surface area contributed by atoms with Crippen molar-refractivity contribution in [2.45, 2.75) is 19.8 Å². The smallest absolute Gasteiger partial charge is 0.228 e. The van der Waals surface area contributed by atoms with Gasteiger partial charge in [0.15, 0.2) is 0 Å². The van der Waals surface area contributed by atoms with Crippen molar-refractivity contribution in [3.05, 3.63) is 28.8 Å². The number of sulfonamides is 1. The molecule has 6 nitrogen and oxygen atoms in total. The molecule has 1 aromatic rings. The first kappa shape index (κ1) is 19.2. The lowest BCUT2D eigenvalue weighted by Crippen LogP contribution is -2.45.